The fourth-order valence-electron chi connectivity index (χ4n) is 3.81. The van der Waals surface area contributed by atoms with Crippen molar-refractivity contribution in [2.45, 2.75) is 54.1 Å². The van der Waals surface area contributed by atoms with Gasteiger partial charge >= 0.3 is 5.97 Å². The average molecular weight is 429 g/mol. The van der Waals surface area contributed by atoms with Gasteiger partial charge in [-0.25, -0.2) is 4.79 Å². The van der Waals surface area contributed by atoms with Crippen LogP contribution in [0.4, 0.5) is 0 Å². The van der Waals surface area contributed by atoms with Crippen molar-refractivity contribution in [1.82, 2.24) is 9.47 Å². The minimum atomic E-state index is -0.447. The van der Waals surface area contributed by atoms with Gasteiger partial charge in [0.15, 0.2) is 5.78 Å². The van der Waals surface area contributed by atoms with Gasteiger partial charge in [-0.3, -0.25) is 9.59 Å². The van der Waals surface area contributed by atoms with Crippen LogP contribution < -0.4 is 4.74 Å². The minimum absolute atomic E-state index is 0.0919. The Hall–Kier alpha value is -3.09. The van der Waals surface area contributed by atoms with Gasteiger partial charge in [-0.05, 0) is 65.3 Å². The summed E-state index contributed by atoms with van der Waals surface area (Å²) >= 11 is 0. The van der Waals surface area contributed by atoms with Gasteiger partial charge in [-0.15, -0.1) is 0 Å². The van der Waals surface area contributed by atoms with Crippen molar-refractivity contribution >= 4 is 17.7 Å². The summed E-state index contributed by atoms with van der Waals surface area (Å²) in [6, 6.07) is 6.67. The van der Waals surface area contributed by atoms with Crippen molar-refractivity contribution in [2.24, 2.45) is 0 Å². The number of ketones is 1. The highest BCUT2D eigenvalue weighted by molar-refractivity contribution is 6.06. The van der Waals surface area contributed by atoms with Gasteiger partial charge in [-0.2, -0.15) is 0 Å². The lowest BCUT2D eigenvalue weighted by Crippen LogP contribution is -2.41. The summed E-state index contributed by atoms with van der Waals surface area (Å²) in [7, 11) is 1.54. The molecule has 1 aromatic carbocycles. The number of aromatic nitrogens is 1. The summed E-state index contributed by atoms with van der Waals surface area (Å²) in [5.41, 5.74) is 2.59. The molecule has 0 aliphatic rings. The van der Waals surface area contributed by atoms with Gasteiger partial charge in [0.05, 0.1) is 20.3 Å². The SMILES string of the molecule is CCOC(=O)c1c(C)c(C(=O)CN(C(=O)c2cccc(OC)c2)C(C)C)c(C)n1CC. The molecule has 0 spiro atoms. The van der Waals surface area contributed by atoms with Crippen molar-refractivity contribution in [1.29, 1.82) is 0 Å². The van der Waals surface area contributed by atoms with Gasteiger partial charge in [0.25, 0.3) is 5.91 Å². The van der Waals surface area contributed by atoms with Crippen LogP contribution in [0.25, 0.3) is 0 Å². The molecule has 7 nitrogen and oxygen atoms in total. The van der Waals surface area contributed by atoms with E-state index in [0.717, 1.165) is 0 Å². The molecule has 0 fully saturated rings. The summed E-state index contributed by atoms with van der Waals surface area (Å²) in [6.07, 6.45) is 0. The highest BCUT2D eigenvalue weighted by Gasteiger charge is 2.29. The van der Waals surface area contributed by atoms with Crippen LogP contribution in [0.15, 0.2) is 24.3 Å². The lowest BCUT2D eigenvalue weighted by atomic mass is 10.0. The van der Waals surface area contributed by atoms with E-state index in [2.05, 4.69) is 0 Å². The van der Waals surface area contributed by atoms with Crippen LogP contribution >= 0.6 is 0 Å². The maximum atomic E-state index is 13.3. The summed E-state index contributed by atoms with van der Waals surface area (Å²) in [4.78, 5) is 40.5. The molecular formula is C24H32N2O5. The van der Waals surface area contributed by atoms with Crippen LogP contribution in [0.1, 0.15) is 70.2 Å². The van der Waals surface area contributed by atoms with E-state index >= 15 is 0 Å². The zero-order valence-corrected chi connectivity index (χ0v) is 19.4. The number of amides is 1. The molecule has 168 valence electrons. The van der Waals surface area contributed by atoms with Crippen LogP contribution in [0.2, 0.25) is 0 Å². The first kappa shape index (κ1) is 24.2. The molecule has 0 atom stereocenters. The number of methoxy groups -OCH3 is 1. The van der Waals surface area contributed by atoms with Crippen LogP contribution in [0.5, 0.6) is 5.75 Å². The predicted molar refractivity (Wildman–Crippen MR) is 119 cm³/mol. The highest BCUT2D eigenvalue weighted by Crippen LogP contribution is 2.25. The number of nitrogens with zero attached hydrogens (tertiary/aromatic N) is 2. The zero-order chi connectivity index (χ0) is 23.3. The first-order valence-electron chi connectivity index (χ1n) is 10.5. The third kappa shape index (κ3) is 4.98. The lowest BCUT2D eigenvalue weighted by Gasteiger charge is -2.26. The number of rotatable bonds is 9. The number of hydrogen-bond donors (Lipinski definition) is 0. The molecule has 1 amide bonds. The third-order valence-corrected chi connectivity index (χ3v) is 5.35. The zero-order valence-electron chi connectivity index (χ0n) is 19.4. The fourth-order valence-corrected chi connectivity index (χ4v) is 3.81. The molecule has 0 N–H and O–H groups in total. The number of carbonyl (C=O) groups excluding carboxylic acids is 3. The van der Waals surface area contributed by atoms with Crippen molar-refractivity contribution < 1.29 is 23.9 Å². The van der Waals surface area contributed by atoms with Gasteiger partial charge in [0.1, 0.15) is 11.4 Å². The summed E-state index contributed by atoms with van der Waals surface area (Å²) in [6.45, 7) is 11.7. The average Bonchev–Trinajstić information content (AvgIpc) is 3.00. The second-order valence-electron chi connectivity index (χ2n) is 7.58. The summed E-state index contributed by atoms with van der Waals surface area (Å²) < 4.78 is 12.2. The van der Waals surface area contributed by atoms with E-state index in [4.69, 9.17) is 9.47 Å². The van der Waals surface area contributed by atoms with Gasteiger partial charge in [0, 0.05) is 29.4 Å². The monoisotopic (exact) mass is 428 g/mol. The van der Waals surface area contributed by atoms with Crippen LogP contribution in [-0.2, 0) is 11.3 Å². The molecule has 7 heteroatoms. The van der Waals surface area contributed by atoms with Gasteiger partial charge in [0.2, 0.25) is 0 Å². The number of ether oxygens (including phenoxy) is 2. The molecule has 0 unspecified atom stereocenters. The first-order valence-corrected chi connectivity index (χ1v) is 10.5. The van der Waals surface area contributed by atoms with E-state index in [1.807, 2.05) is 27.7 Å². The maximum Gasteiger partial charge on any atom is 0.355 e. The van der Waals surface area contributed by atoms with Crippen LogP contribution in [0, 0.1) is 13.8 Å². The number of hydrogen-bond acceptors (Lipinski definition) is 5. The van der Waals surface area contributed by atoms with E-state index < -0.39 is 5.97 Å². The van der Waals surface area contributed by atoms with Gasteiger partial charge in [-0.1, -0.05) is 6.07 Å². The molecule has 31 heavy (non-hydrogen) atoms. The number of benzene rings is 1. The highest BCUT2D eigenvalue weighted by atomic mass is 16.5. The smallest absolute Gasteiger partial charge is 0.355 e. The standard InChI is InChI=1S/C24H32N2O5/c1-8-25-17(6)21(16(5)22(25)24(29)31-9-2)20(27)14-26(15(3)4)23(28)18-11-10-12-19(13-18)30-7/h10-13,15H,8-9,14H2,1-7H3. The Morgan fingerprint density at radius 3 is 2.35 bits per heavy atom. The van der Waals surface area contributed by atoms with Crippen molar-refractivity contribution in [2.75, 3.05) is 20.3 Å². The Morgan fingerprint density at radius 1 is 1.13 bits per heavy atom. The Labute approximate surface area is 183 Å². The van der Waals surface area contributed by atoms with Crippen LogP contribution in [0.3, 0.4) is 0 Å². The normalized spacial score (nSPS) is 10.8. The van der Waals surface area contributed by atoms with E-state index in [1.165, 1.54) is 4.90 Å². The second-order valence-corrected chi connectivity index (χ2v) is 7.58. The van der Waals surface area contributed by atoms with Crippen molar-refractivity contribution in [3.05, 3.63) is 52.3 Å². The van der Waals surface area contributed by atoms with E-state index in [1.54, 1.807) is 49.8 Å². The molecule has 0 saturated carbocycles. The van der Waals surface area contributed by atoms with Crippen LogP contribution in [-0.4, -0.2) is 53.4 Å². The number of esters is 1. The van der Waals surface area contributed by atoms with Crippen molar-refractivity contribution in [3.63, 3.8) is 0 Å². The lowest BCUT2D eigenvalue weighted by molar-refractivity contribution is 0.0512. The minimum Gasteiger partial charge on any atom is -0.497 e. The van der Waals surface area contributed by atoms with Gasteiger partial charge < -0.3 is 18.9 Å². The van der Waals surface area contributed by atoms with E-state index in [0.29, 0.717) is 40.4 Å². The molecule has 0 aliphatic carbocycles. The third-order valence-electron chi connectivity index (χ3n) is 5.35. The molecule has 1 aromatic heterocycles. The molecule has 0 saturated heterocycles. The number of Topliss-reactive ketones (excluding diaryl/α,β-unsaturated/α-hetero) is 1. The Bertz CT molecular complexity index is 975. The topological polar surface area (TPSA) is 77.8 Å². The van der Waals surface area contributed by atoms with Crippen molar-refractivity contribution in [3.8, 4) is 5.75 Å². The molecule has 0 bridgehead atoms. The Kier molecular flexibility index (Phi) is 8.02. The molecule has 1 heterocycles. The fraction of sp³-hybridized carbons (Fsp3) is 0.458. The molecular weight excluding hydrogens is 396 g/mol. The molecule has 2 rings (SSSR count). The largest absolute Gasteiger partial charge is 0.497 e. The van der Waals surface area contributed by atoms with E-state index in [9.17, 15) is 14.4 Å². The summed E-state index contributed by atoms with van der Waals surface area (Å²) in [5, 5.41) is 0. The molecule has 0 radical (unpaired) electrons. The Balaban J connectivity index is 2.41. The quantitative estimate of drug-likeness (QED) is 0.445. The number of carbonyl (C=O) groups is 3. The predicted octanol–water partition coefficient (Wildman–Crippen LogP) is 4.04. The molecule has 2 aromatic rings. The Morgan fingerprint density at radius 2 is 1.81 bits per heavy atom. The first-order chi connectivity index (χ1) is 14.7. The van der Waals surface area contributed by atoms with E-state index in [-0.39, 0.29) is 30.9 Å². The molecule has 0 aliphatic heterocycles. The second kappa shape index (κ2) is 10.3. The summed E-state index contributed by atoms with van der Waals surface area (Å²) in [5.74, 6) is -0.334. The maximum absolute atomic E-state index is 13.3.